The number of unbranched alkanes of at least 4 members (excludes halogenated alkanes) is 1. The lowest BCUT2D eigenvalue weighted by Gasteiger charge is -2.16. The average Bonchev–Trinajstić information content (AvgIpc) is 4.00. The summed E-state index contributed by atoms with van der Waals surface area (Å²) in [7, 11) is 0. The van der Waals surface area contributed by atoms with Crippen LogP contribution < -0.4 is 10.6 Å². The number of Topliss-reactive ketones (excluding diaryl/α,β-unsaturated/α-hetero) is 2. The number of hydrogen-bond acceptors (Lipinski definition) is 17. The summed E-state index contributed by atoms with van der Waals surface area (Å²) in [4.78, 5) is 35.8. The Bertz CT molecular complexity index is 1290. The molecule has 1 aromatic rings. The van der Waals surface area contributed by atoms with E-state index < -0.39 is 0 Å². The van der Waals surface area contributed by atoms with E-state index in [0.29, 0.717) is 189 Å². The van der Waals surface area contributed by atoms with Crippen molar-refractivity contribution < 1.29 is 66.5 Å². The molecule has 2 amide bonds. The zero-order chi connectivity index (χ0) is 44.7. The minimum absolute atomic E-state index is 0.0566. The number of hydrogen-bond donors (Lipinski definition) is 2. The Morgan fingerprint density at radius 2 is 1.06 bits per heavy atom. The lowest BCUT2D eigenvalue weighted by molar-refractivity contribution is -0.121. The number of thioether (sulfide) groups is 1. The van der Waals surface area contributed by atoms with Gasteiger partial charge in [0.15, 0.2) is 0 Å². The van der Waals surface area contributed by atoms with Crippen molar-refractivity contribution in [3.63, 3.8) is 0 Å². The summed E-state index contributed by atoms with van der Waals surface area (Å²) in [6.45, 7) is 13.5. The zero-order valence-electron chi connectivity index (χ0n) is 37.8. The Balaban J connectivity index is 0.950. The van der Waals surface area contributed by atoms with Crippen LogP contribution in [0.5, 0.6) is 0 Å². The molecule has 2 N–H and O–H groups in total. The summed E-state index contributed by atoms with van der Waals surface area (Å²) in [6.07, 6.45) is 9.15. The summed E-state index contributed by atoms with van der Waals surface area (Å²) in [5.74, 6) is 1.40. The van der Waals surface area contributed by atoms with Gasteiger partial charge in [0.1, 0.15) is 17.3 Å². The Morgan fingerprint density at radius 3 is 1.63 bits per heavy atom. The van der Waals surface area contributed by atoms with Crippen molar-refractivity contribution in [1.82, 2.24) is 25.6 Å². The first-order chi connectivity index (χ1) is 31.0. The standard InChI is InChI=1S/C43H77N5O14S/c1-2-13-52-18-21-56-24-27-59-28-25-57-22-19-54-15-6-9-39(50)11-16-55-20-23-58-26-29-60-30-31-61-32-33-62-35-37-34-48(47-46-37)12-17-53-14-5-8-38(49)7-3-4-10-41-42-40(36-63-41)44-43(51)45-42/h34,40-42H,2-33,35-36H2,1H3,(H2,44,45,51)/t40-,41+,42-/m1/s1. The number of aromatic nitrogens is 3. The normalized spacial score (nSPS) is 17.0. The van der Waals surface area contributed by atoms with Gasteiger partial charge in [-0.15, -0.1) is 5.10 Å². The summed E-state index contributed by atoms with van der Waals surface area (Å²) >= 11 is 1.91. The molecule has 19 nitrogen and oxygen atoms in total. The van der Waals surface area contributed by atoms with Crippen LogP contribution in [0.4, 0.5) is 4.79 Å². The number of ketones is 2. The van der Waals surface area contributed by atoms with E-state index in [-0.39, 0.29) is 29.7 Å². The van der Waals surface area contributed by atoms with Crippen molar-refractivity contribution in [3.05, 3.63) is 11.9 Å². The first-order valence-electron chi connectivity index (χ1n) is 23.0. The summed E-state index contributed by atoms with van der Waals surface area (Å²) in [5.41, 5.74) is 0.731. The predicted molar refractivity (Wildman–Crippen MR) is 235 cm³/mol. The van der Waals surface area contributed by atoms with Crippen LogP contribution in [0.15, 0.2) is 6.20 Å². The maximum atomic E-state index is 12.3. The maximum absolute atomic E-state index is 12.3. The molecule has 2 aliphatic heterocycles. The molecule has 0 aromatic carbocycles. The van der Waals surface area contributed by atoms with Gasteiger partial charge in [0, 0.05) is 56.5 Å². The van der Waals surface area contributed by atoms with E-state index in [2.05, 4.69) is 27.9 Å². The van der Waals surface area contributed by atoms with Gasteiger partial charge in [-0.25, -0.2) is 9.48 Å². The zero-order valence-corrected chi connectivity index (χ0v) is 38.6. The highest BCUT2D eigenvalue weighted by molar-refractivity contribution is 8.00. The highest BCUT2D eigenvalue weighted by Gasteiger charge is 2.42. The fraction of sp³-hybridized carbons (Fsp3) is 0.884. The number of ether oxygens (including phenoxy) is 11. The van der Waals surface area contributed by atoms with Gasteiger partial charge in [0.05, 0.1) is 150 Å². The van der Waals surface area contributed by atoms with Gasteiger partial charge in [0.2, 0.25) is 0 Å². The predicted octanol–water partition coefficient (Wildman–Crippen LogP) is 3.19. The molecular weight excluding hydrogens is 843 g/mol. The molecular formula is C43H77N5O14S. The average molecular weight is 920 g/mol. The summed E-state index contributed by atoms with van der Waals surface area (Å²) in [5, 5.41) is 14.7. The van der Waals surface area contributed by atoms with Gasteiger partial charge in [-0.05, 0) is 32.1 Å². The topological polar surface area (TPSA) is 208 Å². The molecule has 2 fully saturated rings. The van der Waals surface area contributed by atoms with Crippen LogP contribution in [0.25, 0.3) is 0 Å². The van der Waals surface area contributed by atoms with Gasteiger partial charge in [0.25, 0.3) is 0 Å². The van der Waals surface area contributed by atoms with Crippen LogP contribution >= 0.6 is 11.8 Å². The minimum Gasteiger partial charge on any atom is -0.380 e. The summed E-state index contributed by atoms with van der Waals surface area (Å²) in [6, 6.07) is 0.418. The quantitative estimate of drug-likeness (QED) is 0.0711. The van der Waals surface area contributed by atoms with Crippen molar-refractivity contribution in [3.8, 4) is 0 Å². The van der Waals surface area contributed by atoms with E-state index in [1.54, 1.807) is 4.68 Å². The summed E-state index contributed by atoms with van der Waals surface area (Å²) < 4.78 is 62.4. The highest BCUT2D eigenvalue weighted by atomic mass is 32.2. The number of amides is 2. The van der Waals surface area contributed by atoms with Crippen LogP contribution in [0, 0.1) is 0 Å². The lowest BCUT2D eigenvalue weighted by atomic mass is 10.0. The first-order valence-corrected chi connectivity index (χ1v) is 24.1. The maximum Gasteiger partial charge on any atom is 0.315 e. The molecule has 2 aliphatic rings. The second kappa shape index (κ2) is 38.9. The Kier molecular flexibility index (Phi) is 33.9. The van der Waals surface area contributed by atoms with Crippen LogP contribution in [0.1, 0.15) is 76.8 Å². The number of nitrogens with one attached hydrogen (secondary N) is 2. The van der Waals surface area contributed by atoms with Gasteiger partial charge >= 0.3 is 6.03 Å². The van der Waals surface area contributed by atoms with E-state index >= 15 is 0 Å². The third kappa shape index (κ3) is 29.7. The largest absolute Gasteiger partial charge is 0.380 e. The second-order valence-corrected chi connectivity index (χ2v) is 16.3. The SMILES string of the molecule is CCCOCCOCCOCCOCCOCCCC(=O)CCOCCOCCOCCOCCOCc1cn(CCOCCCC(=O)CCCC[C@@H]2SC[C@H]3NC(=O)N[C@@H]23)nn1. The molecule has 0 spiro atoms. The monoisotopic (exact) mass is 920 g/mol. The first kappa shape index (κ1) is 55.0. The van der Waals surface area contributed by atoms with E-state index in [9.17, 15) is 14.4 Å². The van der Waals surface area contributed by atoms with Crippen molar-refractivity contribution >= 4 is 29.4 Å². The molecule has 0 saturated carbocycles. The fourth-order valence-electron chi connectivity index (χ4n) is 6.45. The fourth-order valence-corrected chi connectivity index (χ4v) is 7.99. The van der Waals surface area contributed by atoms with Crippen LogP contribution in [0.3, 0.4) is 0 Å². The van der Waals surface area contributed by atoms with Crippen molar-refractivity contribution in [2.75, 3.05) is 144 Å². The molecule has 0 aliphatic carbocycles. The van der Waals surface area contributed by atoms with E-state index in [0.717, 1.165) is 43.7 Å². The molecule has 3 atom stereocenters. The molecule has 0 bridgehead atoms. The van der Waals surface area contributed by atoms with Crippen LogP contribution in [0.2, 0.25) is 0 Å². The van der Waals surface area contributed by atoms with Gasteiger partial charge < -0.3 is 62.7 Å². The van der Waals surface area contributed by atoms with Gasteiger partial charge in [-0.1, -0.05) is 18.6 Å². The van der Waals surface area contributed by atoms with Gasteiger partial charge in [-0.3, -0.25) is 9.59 Å². The molecule has 0 unspecified atom stereocenters. The Morgan fingerprint density at radius 1 is 0.587 bits per heavy atom. The van der Waals surface area contributed by atoms with Crippen molar-refractivity contribution in [2.24, 2.45) is 0 Å². The van der Waals surface area contributed by atoms with Gasteiger partial charge in [-0.2, -0.15) is 11.8 Å². The molecule has 63 heavy (non-hydrogen) atoms. The van der Waals surface area contributed by atoms with E-state index in [1.807, 2.05) is 18.0 Å². The molecule has 20 heteroatoms. The highest BCUT2D eigenvalue weighted by Crippen LogP contribution is 2.33. The molecule has 1 aromatic heterocycles. The van der Waals surface area contributed by atoms with E-state index in [4.69, 9.17) is 52.1 Å². The van der Waals surface area contributed by atoms with E-state index in [1.165, 1.54) is 0 Å². The van der Waals surface area contributed by atoms with Crippen LogP contribution in [-0.2, 0) is 74.8 Å². The smallest absolute Gasteiger partial charge is 0.315 e. The molecule has 0 radical (unpaired) electrons. The lowest BCUT2D eigenvalue weighted by Crippen LogP contribution is -2.36. The molecule has 3 heterocycles. The number of carbonyl (C=O) groups excluding carboxylic acids is 3. The van der Waals surface area contributed by atoms with Crippen molar-refractivity contribution in [1.29, 1.82) is 0 Å². The molecule has 3 rings (SSSR count). The number of nitrogens with zero attached hydrogens (tertiary/aromatic N) is 3. The number of fused-ring (bicyclic) bond motifs is 1. The molecule has 364 valence electrons. The number of carbonyl (C=O) groups is 3. The number of urea groups is 1. The third-order valence-electron chi connectivity index (χ3n) is 9.77. The molecule has 2 saturated heterocycles. The Hall–Kier alpha value is -2.34. The van der Waals surface area contributed by atoms with Crippen LogP contribution in [-0.4, -0.2) is 194 Å². The Labute approximate surface area is 378 Å². The van der Waals surface area contributed by atoms with Crippen molar-refractivity contribution in [2.45, 2.75) is 102 Å². The minimum atomic E-state index is -0.0566. The third-order valence-corrected chi connectivity index (χ3v) is 11.3. The number of rotatable bonds is 47. The second-order valence-electron chi connectivity index (χ2n) is 15.1.